The molecule has 0 unspecified atom stereocenters. The number of benzene rings is 4. The first kappa shape index (κ1) is 26.4. The van der Waals surface area contributed by atoms with Crippen LogP contribution < -0.4 is 9.50 Å². The number of nitrogens with one attached hydrogen (secondary N) is 1. The van der Waals surface area contributed by atoms with Gasteiger partial charge in [-0.1, -0.05) is 71.3 Å². The highest BCUT2D eigenvalue weighted by Gasteiger charge is 2.37. The van der Waals surface area contributed by atoms with Crippen LogP contribution in [0.25, 0.3) is 0 Å². The molecular weight excluding hydrogens is 540 g/mol. The van der Waals surface area contributed by atoms with E-state index in [1.807, 2.05) is 19.1 Å². The van der Waals surface area contributed by atoms with Gasteiger partial charge in [-0.05, 0) is 91.4 Å². The number of aryl methyl sites for hydroxylation is 2. The summed E-state index contributed by atoms with van der Waals surface area (Å²) in [6.45, 7) is 4.03. The van der Waals surface area contributed by atoms with E-state index >= 15 is 0 Å². The maximum atomic E-state index is 12.6. The van der Waals surface area contributed by atoms with E-state index in [0.717, 1.165) is 23.2 Å². The van der Waals surface area contributed by atoms with Crippen LogP contribution in [0.3, 0.4) is 0 Å². The summed E-state index contributed by atoms with van der Waals surface area (Å²) < 4.78 is 30.5. The molecule has 4 aromatic carbocycles. The molecule has 0 bridgehead atoms. The summed E-state index contributed by atoms with van der Waals surface area (Å²) in [7, 11) is -3.99. The highest BCUT2D eigenvalue weighted by atomic mass is 35.5. The summed E-state index contributed by atoms with van der Waals surface area (Å²) in [5, 5.41) is 3.97. The number of rotatable bonds is 6. The predicted molar refractivity (Wildman–Crippen MR) is 162 cm³/mol. The number of allylic oxidation sites excluding steroid dienone is 2. The molecule has 7 heteroatoms. The van der Waals surface area contributed by atoms with Crippen molar-refractivity contribution in [3.8, 4) is 5.75 Å². The largest absolute Gasteiger partial charge is 0.378 e. The van der Waals surface area contributed by atoms with E-state index < -0.39 is 10.1 Å². The lowest BCUT2D eigenvalue weighted by atomic mass is 9.76. The zero-order valence-electron chi connectivity index (χ0n) is 22.2. The number of aliphatic imine (C=N–C) groups is 1. The summed E-state index contributed by atoms with van der Waals surface area (Å²) in [5.41, 5.74) is 7.63. The molecule has 1 heterocycles. The van der Waals surface area contributed by atoms with E-state index in [1.54, 1.807) is 36.5 Å². The third-order valence-electron chi connectivity index (χ3n) is 7.60. The Hall–Kier alpha value is -3.87. The van der Waals surface area contributed by atoms with E-state index in [9.17, 15) is 8.42 Å². The van der Waals surface area contributed by atoms with Crippen molar-refractivity contribution in [3.63, 3.8) is 0 Å². The van der Waals surface area contributed by atoms with Gasteiger partial charge in [-0.15, -0.1) is 0 Å². The number of halogens is 1. The first-order valence-electron chi connectivity index (χ1n) is 13.3. The van der Waals surface area contributed by atoms with Crippen LogP contribution in [0.2, 0.25) is 5.02 Å². The van der Waals surface area contributed by atoms with E-state index in [0.29, 0.717) is 11.8 Å². The highest BCUT2D eigenvalue weighted by Crippen LogP contribution is 2.50. The van der Waals surface area contributed by atoms with Crippen LogP contribution in [0.5, 0.6) is 5.75 Å². The topological polar surface area (TPSA) is 67.8 Å². The van der Waals surface area contributed by atoms with Gasteiger partial charge in [-0.2, -0.15) is 8.42 Å². The van der Waals surface area contributed by atoms with Gasteiger partial charge in [0.15, 0.2) is 5.75 Å². The zero-order valence-corrected chi connectivity index (χ0v) is 23.8. The molecule has 1 N–H and O–H groups in total. The third-order valence-corrected chi connectivity index (χ3v) is 9.14. The maximum absolute atomic E-state index is 12.6. The molecule has 202 valence electrons. The van der Waals surface area contributed by atoms with Gasteiger partial charge in [0.2, 0.25) is 0 Å². The predicted octanol–water partition coefficient (Wildman–Crippen LogP) is 8.30. The SMILES string of the molecule is Cc1ccc(S(=O)(=O)Oc2ccc(C=Nc3ccc([C@@H]4Nc5ccc(C)cc5[C@H]5C=CC[C@@H]54)cc3)cc2Cl)cc1. The Labute approximate surface area is 240 Å². The Balaban J connectivity index is 1.15. The second-order valence-electron chi connectivity index (χ2n) is 10.5. The molecule has 1 aliphatic heterocycles. The molecule has 6 rings (SSSR count). The van der Waals surface area contributed by atoms with Gasteiger partial charge in [0.1, 0.15) is 4.90 Å². The molecule has 4 aromatic rings. The molecule has 2 aliphatic rings. The standard InChI is InChI=1S/C33H29ClN2O3S/c1-21-6-14-26(15-7-21)40(37,38)39-32-17-9-23(19-30(32)34)20-35-25-12-10-24(11-13-25)33-28-5-3-4-27(28)29-18-22(2)8-16-31(29)36-33/h3-4,6-20,27-28,33,36H,5H2,1-2H3/t27-,28-,33-/m0/s1. The fourth-order valence-electron chi connectivity index (χ4n) is 5.50. The molecule has 3 atom stereocenters. The summed E-state index contributed by atoms with van der Waals surface area (Å²) in [4.78, 5) is 4.68. The molecule has 0 fully saturated rings. The Morgan fingerprint density at radius 3 is 2.42 bits per heavy atom. The third kappa shape index (κ3) is 5.29. The number of hydrogen-bond acceptors (Lipinski definition) is 5. The zero-order chi connectivity index (χ0) is 27.9. The van der Waals surface area contributed by atoms with Crippen molar-refractivity contribution >= 4 is 39.3 Å². The summed E-state index contributed by atoms with van der Waals surface area (Å²) in [6.07, 6.45) is 7.42. The lowest BCUT2D eigenvalue weighted by molar-refractivity contribution is 0.425. The van der Waals surface area contributed by atoms with Gasteiger partial charge in [-0.3, -0.25) is 4.99 Å². The van der Waals surface area contributed by atoms with Crippen molar-refractivity contribution in [3.05, 3.63) is 130 Å². The summed E-state index contributed by atoms with van der Waals surface area (Å²) in [5.74, 6) is 0.990. The smallest absolute Gasteiger partial charge is 0.339 e. The Kier molecular flexibility index (Phi) is 6.99. The van der Waals surface area contributed by atoms with Crippen LogP contribution in [0.1, 0.15) is 46.2 Å². The minimum absolute atomic E-state index is 0.0696. The summed E-state index contributed by atoms with van der Waals surface area (Å²) in [6, 6.07) is 26.6. The molecule has 40 heavy (non-hydrogen) atoms. The normalized spacial score (nSPS) is 19.7. The second-order valence-corrected chi connectivity index (χ2v) is 12.4. The fourth-order valence-corrected chi connectivity index (χ4v) is 6.72. The average Bonchev–Trinajstić information content (AvgIpc) is 3.44. The van der Waals surface area contributed by atoms with Crippen LogP contribution >= 0.6 is 11.6 Å². The van der Waals surface area contributed by atoms with Crippen molar-refractivity contribution in [1.29, 1.82) is 0 Å². The van der Waals surface area contributed by atoms with Gasteiger partial charge >= 0.3 is 10.1 Å². The Morgan fingerprint density at radius 2 is 1.68 bits per heavy atom. The van der Waals surface area contributed by atoms with Gasteiger partial charge in [0, 0.05) is 17.8 Å². The first-order chi connectivity index (χ1) is 19.3. The van der Waals surface area contributed by atoms with Gasteiger partial charge in [0.05, 0.1) is 16.8 Å². The molecule has 1 aliphatic carbocycles. The molecule has 0 aromatic heterocycles. The maximum Gasteiger partial charge on any atom is 0.339 e. The van der Waals surface area contributed by atoms with E-state index in [4.69, 9.17) is 15.8 Å². The number of fused-ring (bicyclic) bond motifs is 3. The van der Waals surface area contributed by atoms with Crippen LogP contribution in [0, 0.1) is 19.8 Å². The molecule has 0 radical (unpaired) electrons. The summed E-state index contributed by atoms with van der Waals surface area (Å²) >= 11 is 6.36. The second kappa shape index (κ2) is 10.6. The molecular formula is C33H29ClN2O3S. The Bertz CT molecular complexity index is 1730. The average molecular weight is 569 g/mol. The van der Waals surface area contributed by atoms with Crippen molar-refractivity contribution in [2.24, 2.45) is 10.9 Å². The lowest BCUT2D eigenvalue weighted by Gasteiger charge is -2.37. The quantitative estimate of drug-likeness (QED) is 0.144. The van der Waals surface area contributed by atoms with Crippen molar-refractivity contribution in [1.82, 2.24) is 0 Å². The Morgan fingerprint density at radius 1 is 0.925 bits per heavy atom. The first-order valence-corrected chi connectivity index (χ1v) is 15.0. The minimum atomic E-state index is -3.99. The van der Waals surface area contributed by atoms with E-state index in [1.165, 1.54) is 34.5 Å². The van der Waals surface area contributed by atoms with Crippen LogP contribution in [0.4, 0.5) is 11.4 Å². The van der Waals surface area contributed by atoms with Crippen LogP contribution in [-0.2, 0) is 10.1 Å². The van der Waals surface area contributed by atoms with Gasteiger partial charge < -0.3 is 9.50 Å². The van der Waals surface area contributed by atoms with Crippen molar-refractivity contribution in [2.45, 2.75) is 37.1 Å². The molecule has 0 spiro atoms. The monoisotopic (exact) mass is 568 g/mol. The molecule has 0 saturated heterocycles. The number of anilines is 1. The lowest BCUT2D eigenvalue weighted by Crippen LogP contribution is -2.29. The van der Waals surface area contributed by atoms with Crippen molar-refractivity contribution in [2.75, 3.05) is 5.32 Å². The number of hydrogen-bond donors (Lipinski definition) is 1. The van der Waals surface area contributed by atoms with E-state index in [-0.39, 0.29) is 21.7 Å². The highest BCUT2D eigenvalue weighted by molar-refractivity contribution is 7.87. The number of nitrogens with zero attached hydrogens (tertiary/aromatic N) is 1. The van der Waals surface area contributed by atoms with Gasteiger partial charge in [-0.25, -0.2) is 0 Å². The van der Waals surface area contributed by atoms with Crippen molar-refractivity contribution < 1.29 is 12.6 Å². The molecule has 5 nitrogen and oxygen atoms in total. The fraction of sp³-hybridized carbons (Fsp3) is 0.182. The van der Waals surface area contributed by atoms with Crippen LogP contribution in [-0.4, -0.2) is 14.6 Å². The minimum Gasteiger partial charge on any atom is -0.378 e. The van der Waals surface area contributed by atoms with Gasteiger partial charge in [0.25, 0.3) is 0 Å². The molecule has 0 amide bonds. The van der Waals surface area contributed by atoms with Crippen LogP contribution in [0.15, 0.2) is 107 Å². The van der Waals surface area contributed by atoms with E-state index in [2.05, 4.69) is 59.7 Å². The molecule has 0 saturated carbocycles.